The van der Waals surface area contributed by atoms with Crippen molar-refractivity contribution in [3.05, 3.63) is 65.7 Å². The predicted molar refractivity (Wildman–Crippen MR) is 97.3 cm³/mol. The molecule has 0 aliphatic carbocycles. The van der Waals surface area contributed by atoms with Crippen LogP contribution >= 0.6 is 0 Å². The Morgan fingerprint density at radius 2 is 1.70 bits per heavy atom. The van der Waals surface area contributed by atoms with Gasteiger partial charge in [0.15, 0.2) is 0 Å². The summed E-state index contributed by atoms with van der Waals surface area (Å²) in [7, 11) is 1.65. The maximum atomic E-state index is 12.2. The molecule has 0 saturated heterocycles. The van der Waals surface area contributed by atoms with Gasteiger partial charge in [-0.15, -0.1) is 0 Å². The van der Waals surface area contributed by atoms with Crippen LogP contribution in [0.3, 0.4) is 0 Å². The number of alkyl halides is 2. The maximum Gasteiger partial charge on any atom is 0.387 e. The minimum absolute atomic E-state index is 0.0730. The van der Waals surface area contributed by atoms with E-state index in [-0.39, 0.29) is 37.0 Å². The topological polar surface area (TPSA) is 58.6 Å². The summed E-state index contributed by atoms with van der Waals surface area (Å²) in [6.07, 6.45) is 0.460. The molecule has 27 heavy (non-hydrogen) atoms. The van der Waals surface area contributed by atoms with Crippen molar-refractivity contribution < 1.29 is 23.1 Å². The largest absolute Gasteiger partial charge is 0.435 e. The average Bonchev–Trinajstić information content (AvgIpc) is 2.63. The quantitative estimate of drug-likeness (QED) is 0.732. The Morgan fingerprint density at radius 3 is 2.33 bits per heavy atom. The molecule has 0 atom stereocenters. The fourth-order valence-electron chi connectivity index (χ4n) is 2.48. The SMILES string of the molecule is CN(Cc1ccc(OC(F)F)cc1)C(=O)CCNC(=O)Cc1ccccc1. The number of carbonyl (C=O) groups is 2. The Kier molecular flexibility index (Phi) is 7.73. The van der Waals surface area contributed by atoms with Crippen LogP contribution in [-0.2, 0) is 22.6 Å². The van der Waals surface area contributed by atoms with E-state index >= 15 is 0 Å². The molecule has 5 nitrogen and oxygen atoms in total. The second-order valence-corrected chi connectivity index (χ2v) is 6.03. The van der Waals surface area contributed by atoms with Gasteiger partial charge in [-0.3, -0.25) is 9.59 Å². The molecule has 0 aromatic heterocycles. The zero-order valence-corrected chi connectivity index (χ0v) is 15.0. The number of nitrogens with one attached hydrogen (secondary N) is 1. The van der Waals surface area contributed by atoms with Gasteiger partial charge in [-0.2, -0.15) is 8.78 Å². The zero-order chi connectivity index (χ0) is 19.6. The normalized spacial score (nSPS) is 10.5. The van der Waals surface area contributed by atoms with Crippen LogP contribution in [0.2, 0.25) is 0 Å². The Balaban J connectivity index is 1.71. The van der Waals surface area contributed by atoms with E-state index in [1.54, 1.807) is 19.2 Å². The molecule has 0 saturated carbocycles. The van der Waals surface area contributed by atoms with Gasteiger partial charge in [-0.05, 0) is 23.3 Å². The summed E-state index contributed by atoms with van der Waals surface area (Å²) in [6, 6.07) is 15.5. The molecular formula is C20H22F2N2O3. The van der Waals surface area contributed by atoms with Gasteiger partial charge in [-0.25, -0.2) is 0 Å². The molecule has 2 rings (SSSR count). The second kappa shape index (κ2) is 10.3. The molecule has 0 radical (unpaired) electrons. The van der Waals surface area contributed by atoms with Gasteiger partial charge in [0.25, 0.3) is 0 Å². The van der Waals surface area contributed by atoms with Crippen LogP contribution in [0.1, 0.15) is 17.5 Å². The number of halogens is 2. The van der Waals surface area contributed by atoms with Gasteiger partial charge in [-0.1, -0.05) is 42.5 Å². The lowest BCUT2D eigenvalue weighted by Gasteiger charge is -2.17. The predicted octanol–water partition coefficient (Wildman–Crippen LogP) is 3.00. The van der Waals surface area contributed by atoms with E-state index in [4.69, 9.17) is 0 Å². The number of benzene rings is 2. The van der Waals surface area contributed by atoms with Crippen LogP contribution in [0.5, 0.6) is 5.75 Å². The van der Waals surface area contributed by atoms with Gasteiger partial charge in [0.1, 0.15) is 5.75 Å². The van der Waals surface area contributed by atoms with Crippen molar-refractivity contribution in [3.63, 3.8) is 0 Å². The first-order chi connectivity index (χ1) is 12.9. The van der Waals surface area contributed by atoms with Gasteiger partial charge >= 0.3 is 6.61 Å². The number of ether oxygens (including phenoxy) is 1. The number of amides is 2. The molecule has 2 amide bonds. The third kappa shape index (κ3) is 7.43. The van der Waals surface area contributed by atoms with Gasteiger partial charge in [0.2, 0.25) is 11.8 Å². The molecule has 0 bridgehead atoms. The highest BCUT2D eigenvalue weighted by atomic mass is 19.3. The van der Waals surface area contributed by atoms with Crippen molar-refractivity contribution in [3.8, 4) is 5.75 Å². The summed E-state index contributed by atoms with van der Waals surface area (Å²) in [6.45, 7) is -2.26. The minimum atomic E-state index is -2.86. The summed E-state index contributed by atoms with van der Waals surface area (Å²) in [5.41, 5.74) is 1.71. The van der Waals surface area contributed by atoms with Crippen LogP contribution in [0.15, 0.2) is 54.6 Å². The molecule has 0 spiro atoms. The number of rotatable bonds is 9. The number of hydrogen-bond acceptors (Lipinski definition) is 3. The standard InChI is InChI=1S/C20H22F2N2O3/c1-24(14-16-7-9-17(10-8-16)27-20(21)22)19(26)11-12-23-18(25)13-15-5-3-2-4-6-15/h2-10,20H,11-14H2,1H3,(H,23,25). The highest BCUT2D eigenvalue weighted by Crippen LogP contribution is 2.15. The van der Waals surface area contributed by atoms with Gasteiger partial charge in [0.05, 0.1) is 6.42 Å². The first-order valence-electron chi connectivity index (χ1n) is 8.52. The van der Waals surface area contributed by atoms with Crippen molar-refractivity contribution in [1.29, 1.82) is 0 Å². The zero-order valence-electron chi connectivity index (χ0n) is 15.0. The molecule has 2 aromatic rings. The lowest BCUT2D eigenvalue weighted by Crippen LogP contribution is -2.32. The highest BCUT2D eigenvalue weighted by Gasteiger charge is 2.11. The number of hydrogen-bond donors (Lipinski definition) is 1. The average molecular weight is 376 g/mol. The highest BCUT2D eigenvalue weighted by molar-refractivity contribution is 5.80. The fourth-order valence-corrected chi connectivity index (χ4v) is 2.48. The lowest BCUT2D eigenvalue weighted by molar-refractivity contribution is -0.130. The molecule has 2 aromatic carbocycles. The van der Waals surface area contributed by atoms with E-state index < -0.39 is 6.61 Å². The monoisotopic (exact) mass is 376 g/mol. The lowest BCUT2D eigenvalue weighted by atomic mass is 10.1. The summed E-state index contributed by atoms with van der Waals surface area (Å²) < 4.78 is 28.5. The van der Waals surface area contributed by atoms with Gasteiger partial charge in [0, 0.05) is 26.6 Å². The third-order valence-corrected chi connectivity index (χ3v) is 3.86. The van der Waals surface area contributed by atoms with Crippen LogP contribution in [0.4, 0.5) is 8.78 Å². The minimum Gasteiger partial charge on any atom is -0.435 e. The molecule has 0 aliphatic heterocycles. The van der Waals surface area contributed by atoms with Crippen molar-refractivity contribution in [2.75, 3.05) is 13.6 Å². The summed E-state index contributed by atoms with van der Waals surface area (Å²) >= 11 is 0. The Morgan fingerprint density at radius 1 is 1.04 bits per heavy atom. The number of carbonyl (C=O) groups excluding carboxylic acids is 2. The van der Waals surface area contributed by atoms with Crippen LogP contribution < -0.4 is 10.1 Å². The van der Waals surface area contributed by atoms with Crippen molar-refractivity contribution in [1.82, 2.24) is 10.2 Å². The van der Waals surface area contributed by atoms with E-state index in [9.17, 15) is 18.4 Å². The fraction of sp³-hybridized carbons (Fsp3) is 0.300. The van der Waals surface area contributed by atoms with E-state index in [1.807, 2.05) is 30.3 Å². The molecule has 0 aliphatic rings. The molecule has 0 heterocycles. The van der Waals surface area contributed by atoms with Crippen LogP contribution in [-0.4, -0.2) is 36.9 Å². The summed E-state index contributed by atoms with van der Waals surface area (Å²) in [5.74, 6) is -0.182. The number of nitrogens with zero attached hydrogens (tertiary/aromatic N) is 1. The van der Waals surface area contributed by atoms with Gasteiger partial charge < -0.3 is 15.0 Å². The smallest absolute Gasteiger partial charge is 0.387 e. The molecule has 0 fully saturated rings. The van der Waals surface area contributed by atoms with E-state index in [2.05, 4.69) is 10.1 Å². The molecule has 0 unspecified atom stereocenters. The molecule has 144 valence electrons. The maximum absolute atomic E-state index is 12.2. The Labute approximate surface area is 156 Å². The molecule has 7 heteroatoms. The Hall–Kier alpha value is -2.96. The van der Waals surface area contributed by atoms with Crippen molar-refractivity contribution in [2.24, 2.45) is 0 Å². The van der Waals surface area contributed by atoms with Crippen molar-refractivity contribution in [2.45, 2.75) is 26.0 Å². The summed E-state index contributed by atoms with van der Waals surface area (Å²) in [5, 5.41) is 2.73. The van der Waals surface area contributed by atoms with Crippen molar-refractivity contribution >= 4 is 11.8 Å². The second-order valence-electron chi connectivity index (χ2n) is 6.03. The first-order valence-corrected chi connectivity index (χ1v) is 8.52. The van der Waals surface area contributed by atoms with E-state index in [0.717, 1.165) is 11.1 Å². The first kappa shape index (κ1) is 20.4. The van der Waals surface area contributed by atoms with E-state index in [0.29, 0.717) is 6.54 Å². The molecular weight excluding hydrogens is 354 g/mol. The Bertz CT molecular complexity index is 737. The van der Waals surface area contributed by atoms with E-state index in [1.165, 1.54) is 17.0 Å². The molecule has 1 N–H and O–H groups in total. The van der Waals surface area contributed by atoms with Crippen LogP contribution in [0, 0.1) is 0 Å². The van der Waals surface area contributed by atoms with Crippen LogP contribution in [0.25, 0.3) is 0 Å². The summed E-state index contributed by atoms with van der Waals surface area (Å²) in [4.78, 5) is 25.5. The third-order valence-electron chi connectivity index (χ3n) is 3.86.